The molecule has 53 valence electrons. The van der Waals surface area contributed by atoms with E-state index >= 15 is 0 Å². The van der Waals surface area contributed by atoms with Crippen LogP contribution in [0.4, 0.5) is 0 Å². The summed E-state index contributed by atoms with van der Waals surface area (Å²) in [6.45, 7) is 1.56. The Hall–Kier alpha value is -1.25. The van der Waals surface area contributed by atoms with Crippen LogP contribution in [-0.4, -0.2) is 11.1 Å². The van der Waals surface area contributed by atoms with Gasteiger partial charge in [0.1, 0.15) is 11.7 Å². The molecule has 0 spiro atoms. The van der Waals surface area contributed by atoms with Crippen LogP contribution in [0.25, 0.3) is 0 Å². The summed E-state index contributed by atoms with van der Waals surface area (Å²) >= 11 is 0. The predicted octanol–water partition coefficient (Wildman–Crippen LogP) is 1.27. The van der Waals surface area contributed by atoms with Crippen molar-refractivity contribution in [1.82, 2.24) is 0 Å². The molecule has 3 heteroatoms. The molecule has 0 aromatic carbocycles. The number of furan rings is 1. The van der Waals surface area contributed by atoms with Crippen molar-refractivity contribution in [3.63, 3.8) is 0 Å². The average molecular weight is 139 g/mol. The van der Waals surface area contributed by atoms with Crippen molar-refractivity contribution in [2.75, 3.05) is 0 Å². The number of hydrogen-bond acceptors (Lipinski definition) is 2. The fraction of sp³-hybridized carbons (Fsp3) is 0.286. The minimum Gasteiger partial charge on any atom is -0.481 e. The highest BCUT2D eigenvalue weighted by molar-refractivity contribution is 5.74. The molecule has 0 aliphatic heterocycles. The minimum atomic E-state index is -0.886. The van der Waals surface area contributed by atoms with E-state index in [1.54, 1.807) is 19.1 Å². The molecule has 0 aliphatic carbocycles. The summed E-state index contributed by atoms with van der Waals surface area (Å²) in [6, 6.07) is 3.15. The van der Waals surface area contributed by atoms with Crippen LogP contribution >= 0.6 is 0 Å². The maximum absolute atomic E-state index is 10.3. The third-order valence-corrected chi connectivity index (χ3v) is 1.29. The van der Waals surface area contributed by atoms with Gasteiger partial charge in [-0.25, -0.2) is 0 Å². The molecule has 1 N–H and O–H groups in total. The molecule has 0 bridgehead atoms. The van der Waals surface area contributed by atoms with Crippen LogP contribution in [-0.2, 0) is 4.79 Å². The van der Waals surface area contributed by atoms with Crippen molar-refractivity contribution in [2.24, 2.45) is 0 Å². The van der Waals surface area contributed by atoms with E-state index in [9.17, 15) is 4.79 Å². The van der Waals surface area contributed by atoms with Crippen LogP contribution in [0.3, 0.4) is 0 Å². The molecule has 10 heavy (non-hydrogen) atoms. The van der Waals surface area contributed by atoms with Crippen molar-refractivity contribution in [1.29, 1.82) is 0 Å². The largest absolute Gasteiger partial charge is 0.481 e. The van der Waals surface area contributed by atoms with Crippen LogP contribution in [0.2, 0.25) is 0 Å². The second-order valence-electron chi connectivity index (χ2n) is 2.02. The van der Waals surface area contributed by atoms with E-state index in [0.717, 1.165) is 0 Å². The van der Waals surface area contributed by atoms with Gasteiger partial charge >= 0.3 is 5.97 Å². The molecule has 1 atom stereocenters. The van der Waals surface area contributed by atoms with Crippen LogP contribution in [0.1, 0.15) is 18.6 Å². The zero-order valence-corrected chi connectivity index (χ0v) is 5.50. The standard InChI is InChI=1S/C7H7O3/c1-5(7(8)9)6-3-2-4-10-6/h2-3,5H,1H3,(H,8,9). The molecule has 0 amide bonds. The topological polar surface area (TPSA) is 50.4 Å². The second kappa shape index (κ2) is 2.56. The first kappa shape index (κ1) is 6.86. The molecule has 1 aromatic rings. The molecule has 1 unspecified atom stereocenters. The zero-order valence-electron chi connectivity index (χ0n) is 5.50. The predicted molar refractivity (Wildman–Crippen MR) is 33.6 cm³/mol. The number of rotatable bonds is 2. The maximum Gasteiger partial charge on any atom is 0.313 e. The SMILES string of the molecule is CC(C(=O)O)c1cc[c]o1. The van der Waals surface area contributed by atoms with Crippen molar-refractivity contribution >= 4 is 5.97 Å². The quantitative estimate of drug-likeness (QED) is 0.671. The average Bonchev–Trinajstić information content (AvgIpc) is 2.36. The lowest BCUT2D eigenvalue weighted by Gasteiger charge is -1.98. The summed E-state index contributed by atoms with van der Waals surface area (Å²) in [4.78, 5) is 10.3. The molecule has 0 saturated heterocycles. The Morgan fingerprint density at radius 3 is 3.00 bits per heavy atom. The van der Waals surface area contributed by atoms with Gasteiger partial charge in [0.2, 0.25) is 0 Å². The molecule has 0 aliphatic rings. The first-order valence-corrected chi connectivity index (χ1v) is 2.90. The normalized spacial score (nSPS) is 12.9. The number of hydrogen-bond donors (Lipinski definition) is 1. The van der Waals surface area contributed by atoms with Crippen LogP contribution in [0.15, 0.2) is 16.5 Å². The fourth-order valence-electron chi connectivity index (χ4n) is 0.607. The first-order chi connectivity index (χ1) is 4.72. The van der Waals surface area contributed by atoms with Gasteiger partial charge in [0.05, 0.1) is 0 Å². The second-order valence-corrected chi connectivity index (χ2v) is 2.02. The van der Waals surface area contributed by atoms with Gasteiger partial charge in [0, 0.05) is 0 Å². The third kappa shape index (κ3) is 1.18. The van der Waals surface area contributed by atoms with E-state index in [-0.39, 0.29) is 0 Å². The summed E-state index contributed by atoms with van der Waals surface area (Å²) in [7, 11) is 0. The highest BCUT2D eigenvalue weighted by Gasteiger charge is 2.15. The van der Waals surface area contributed by atoms with Gasteiger partial charge in [0.15, 0.2) is 6.26 Å². The Labute approximate surface area is 58.3 Å². The Balaban J connectivity index is 2.77. The number of aliphatic carboxylic acids is 1. The number of carboxylic acid groups (broad SMARTS) is 1. The number of carbonyl (C=O) groups is 1. The van der Waals surface area contributed by atoms with E-state index in [1.807, 2.05) is 0 Å². The van der Waals surface area contributed by atoms with Gasteiger partial charge in [-0.1, -0.05) is 0 Å². The summed E-state index contributed by atoms with van der Waals surface area (Å²) < 4.78 is 4.75. The van der Waals surface area contributed by atoms with Gasteiger partial charge in [-0.15, -0.1) is 0 Å². The molecular weight excluding hydrogens is 132 g/mol. The van der Waals surface area contributed by atoms with Gasteiger partial charge in [0.25, 0.3) is 0 Å². The van der Waals surface area contributed by atoms with Gasteiger partial charge < -0.3 is 9.52 Å². The molecule has 3 nitrogen and oxygen atoms in total. The van der Waals surface area contributed by atoms with Crippen molar-refractivity contribution in [2.45, 2.75) is 12.8 Å². The summed E-state index contributed by atoms with van der Waals surface area (Å²) in [5, 5.41) is 8.48. The lowest BCUT2D eigenvalue weighted by atomic mass is 10.1. The third-order valence-electron chi connectivity index (χ3n) is 1.29. The molecular formula is C7H7O3. The lowest BCUT2D eigenvalue weighted by molar-refractivity contribution is -0.138. The highest BCUT2D eigenvalue weighted by Crippen LogP contribution is 2.14. The Morgan fingerprint density at radius 1 is 1.90 bits per heavy atom. The van der Waals surface area contributed by atoms with Crippen LogP contribution in [0, 0.1) is 6.26 Å². The molecule has 1 rings (SSSR count). The van der Waals surface area contributed by atoms with E-state index in [4.69, 9.17) is 9.52 Å². The van der Waals surface area contributed by atoms with Gasteiger partial charge in [-0.2, -0.15) is 0 Å². The maximum atomic E-state index is 10.3. The van der Waals surface area contributed by atoms with E-state index < -0.39 is 11.9 Å². The molecule has 1 heterocycles. The summed E-state index contributed by atoms with van der Waals surface area (Å²) in [6.07, 6.45) is 2.43. The van der Waals surface area contributed by atoms with Crippen LogP contribution in [0.5, 0.6) is 0 Å². The molecule has 0 saturated carbocycles. The molecule has 1 radical (unpaired) electrons. The smallest absolute Gasteiger partial charge is 0.313 e. The van der Waals surface area contributed by atoms with Crippen molar-refractivity contribution in [3.05, 3.63) is 24.2 Å². The lowest BCUT2D eigenvalue weighted by Crippen LogP contribution is -2.05. The number of carboxylic acids is 1. The summed E-state index contributed by atoms with van der Waals surface area (Å²) in [5.41, 5.74) is 0. The van der Waals surface area contributed by atoms with Crippen molar-refractivity contribution < 1.29 is 14.3 Å². The van der Waals surface area contributed by atoms with E-state index in [0.29, 0.717) is 5.76 Å². The molecule has 0 fully saturated rings. The highest BCUT2D eigenvalue weighted by atomic mass is 16.4. The monoisotopic (exact) mass is 139 g/mol. The van der Waals surface area contributed by atoms with E-state index in [2.05, 4.69) is 6.26 Å². The van der Waals surface area contributed by atoms with E-state index in [1.165, 1.54) is 0 Å². The first-order valence-electron chi connectivity index (χ1n) is 2.90. The van der Waals surface area contributed by atoms with Crippen molar-refractivity contribution in [3.8, 4) is 0 Å². The fourth-order valence-corrected chi connectivity index (χ4v) is 0.607. The summed E-state index contributed by atoms with van der Waals surface area (Å²) in [5.74, 6) is -1.03. The minimum absolute atomic E-state index is 0.438. The Kier molecular flexibility index (Phi) is 1.76. The Bertz CT molecular complexity index is 213. The Morgan fingerprint density at radius 2 is 2.60 bits per heavy atom. The molecule has 1 aromatic heterocycles. The van der Waals surface area contributed by atoms with Gasteiger partial charge in [-0.3, -0.25) is 4.79 Å². The van der Waals surface area contributed by atoms with Gasteiger partial charge in [-0.05, 0) is 19.1 Å². The zero-order chi connectivity index (χ0) is 7.56. The van der Waals surface area contributed by atoms with Crippen LogP contribution < -0.4 is 0 Å².